The number of carbonyl (C=O) groups excluding carboxylic acids is 1. The fourth-order valence-electron chi connectivity index (χ4n) is 3.33. The van der Waals surface area contributed by atoms with Gasteiger partial charge in [0.05, 0.1) is 6.54 Å². The fraction of sp³-hybridized carbons (Fsp3) is 0.889. The first-order chi connectivity index (χ1) is 11.8. The van der Waals surface area contributed by atoms with Gasteiger partial charge in [-0.25, -0.2) is 4.79 Å². The summed E-state index contributed by atoms with van der Waals surface area (Å²) in [6, 6.07) is 0.655. The highest BCUT2D eigenvalue weighted by molar-refractivity contribution is 14.0. The molecule has 26 heavy (non-hydrogen) atoms. The summed E-state index contributed by atoms with van der Waals surface area (Å²) < 4.78 is 5.42. The number of guanidine groups is 1. The van der Waals surface area contributed by atoms with Gasteiger partial charge in [0, 0.05) is 38.8 Å². The number of likely N-dealkylation sites (tertiary alicyclic amines) is 1. The Morgan fingerprint density at radius 3 is 2.31 bits per heavy atom. The highest BCUT2D eigenvalue weighted by Crippen LogP contribution is 2.15. The normalized spacial score (nSPS) is 22.8. The summed E-state index contributed by atoms with van der Waals surface area (Å²) in [5, 5.41) is 0. The third kappa shape index (κ3) is 7.46. The number of nitrogens with two attached hydrogens (primary N) is 1. The summed E-state index contributed by atoms with van der Waals surface area (Å²) >= 11 is 0. The van der Waals surface area contributed by atoms with Crippen LogP contribution in [0, 0.1) is 0 Å². The molecule has 0 aromatic rings. The van der Waals surface area contributed by atoms with Crippen molar-refractivity contribution in [3.05, 3.63) is 0 Å². The van der Waals surface area contributed by atoms with Gasteiger partial charge < -0.3 is 20.3 Å². The Morgan fingerprint density at radius 1 is 1.12 bits per heavy atom. The minimum absolute atomic E-state index is 0. The average Bonchev–Trinajstić information content (AvgIpc) is 2.55. The van der Waals surface area contributed by atoms with E-state index in [0.717, 1.165) is 13.1 Å². The van der Waals surface area contributed by atoms with Crippen molar-refractivity contribution in [2.24, 2.45) is 10.7 Å². The highest BCUT2D eigenvalue weighted by Gasteiger charge is 2.26. The number of piperazine rings is 1. The number of carbonyl (C=O) groups is 1. The van der Waals surface area contributed by atoms with Crippen LogP contribution >= 0.6 is 24.0 Å². The van der Waals surface area contributed by atoms with Crippen LogP contribution in [0.1, 0.15) is 47.0 Å². The quantitative estimate of drug-likeness (QED) is 0.381. The molecule has 1 amide bonds. The molecule has 1 unspecified atom stereocenters. The minimum atomic E-state index is -0.458. The number of ether oxygens (including phenoxy) is 1. The van der Waals surface area contributed by atoms with Gasteiger partial charge in [0.1, 0.15) is 5.60 Å². The third-order valence-electron chi connectivity index (χ3n) is 4.86. The first-order valence-corrected chi connectivity index (χ1v) is 9.53. The molecule has 2 aliphatic rings. The second kappa shape index (κ2) is 10.5. The zero-order valence-electron chi connectivity index (χ0n) is 16.7. The molecule has 0 radical (unpaired) electrons. The van der Waals surface area contributed by atoms with E-state index in [0.29, 0.717) is 38.2 Å². The summed E-state index contributed by atoms with van der Waals surface area (Å²) in [4.78, 5) is 22.9. The van der Waals surface area contributed by atoms with Crippen LogP contribution in [-0.2, 0) is 4.74 Å². The van der Waals surface area contributed by atoms with E-state index in [2.05, 4.69) is 21.7 Å². The smallest absolute Gasteiger partial charge is 0.410 e. The maximum absolute atomic E-state index is 12.1. The van der Waals surface area contributed by atoms with Crippen molar-refractivity contribution in [3.8, 4) is 0 Å². The molecule has 0 saturated carbocycles. The molecule has 152 valence electrons. The van der Waals surface area contributed by atoms with Crippen molar-refractivity contribution in [2.45, 2.75) is 58.6 Å². The number of hydrogen-bond donors (Lipinski definition) is 1. The molecule has 7 nitrogen and oxygen atoms in total. The molecule has 0 aromatic heterocycles. The standard InChI is InChI=1S/C18H35N5O2.HI/c1-15-7-5-6-9-21(15)10-8-20-16(19)22-11-13-23(14-12-22)17(24)25-18(2,3)4;/h15H,5-14H2,1-4H3,(H2,19,20);1H. The Kier molecular flexibility index (Phi) is 9.43. The first-order valence-electron chi connectivity index (χ1n) is 9.53. The average molecular weight is 481 g/mol. The SMILES string of the molecule is CC1CCCCN1CCN=C(N)N1CCN(C(=O)OC(C)(C)C)CC1.I. The molecule has 2 fully saturated rings. The van der Waals surface area contributed by atoms with Crippen LogP contribution in [0.4, 0.5) is 4.79 Å². The van der Waals surface area contributed by atoms with Crippen LogP contribution in [0.15, 0.2) is 4.99 Å². The molecule has 2 heterocycles. The Balaban J connectivity index is 0.00000338. The van der Waals surface area contributed by atoms with Crippen molar-refractivity contribution >= 4 is 36.0 Å². The van der Waals surface area contributed by atoms with Gasteiger partial charge in [-0.2, -0.15) is 0 Å². The number of hydrogen-bond acceptors (Lipinski definition) is 4. The molecule has 0 spiro atoms. The number of nitrogens with zero attached hydrogens (tertiary/aromatic N) is 4. The molecule has 2 aliphatic heterocycles. The van der Waals surface area contributed by atoms with Crippen LogP contribution in [0.3, 0.4) is 0 Å². The molecule has 2 N–H and O–H groups in total. The molecule has 2 saturated heterocycles. The lowest BCUT2D eigenvalue weighted by Gasteiger charge is -2.36. The van der Waals surface area contributed by atoms with E-state index in [4.69, 9.17) is 10.5 Å². The summed E-state index contributed by atoms with van der Waals surface area (Å²) in [6.07, 6.45) is 3.66. The van der Waals surface area contributed by atoms with Crippen molar-refractivity contribution in [1.29, 1.82) is 0 Å². The number of piperidine rings is 1. The van der Waals surface area contributed by atoms with Gasteiger partial charge in [-0.3, -0.25) is 9.89 Å². The van der Waals surface area contributed by atoms with E-state index >= 15 is 0 Å². The van der Waals surface area contributed by atoms with E-state index < -0.39 is 5.60 Å². The lowest BCUT2D eigenvalue weighted by Crippen LogP contribution is -2.53. The zero-order valence-corrected chi connectivity index (χ0v) is 19.1. The van der Waals surface area contributed by atoms with Gasteiger partial charge in [0.2, 0.25) is 0 Å². The van der Waals surface area contributed by atoms with E-state index in [9.17, 15) is 4.79 Å². The molecular formula is C18H36IN5O2. The molecule has 0 bridgehead atoms. The van der Waals surface area contributed by atoms with Gasteiger partial charge >= 0.3 is 6.09 Å². The molecule has 2 rings (SSSR count). The van der Waals surface area contributed by atoms with Crippen molar-refractivity contribution in [2.75, 3.05) is 45.8 Å². The maximum atomic E-state index is 12.1. The molecule has 0 aromatic carbocycles. The number of rotatable bonds is 3. The Labute approximate surface area is 175 Å². The van der Waals surface area contributed by atoms with E-state index in [1.54, 1.807) is 4.90 Å². The van der Waals surface area contributed by atoms with Crippen LogP contribution in [0.5, 0.6) is 0 Å². The highest BCUT2D eigenvalue weighted by atomic mass is 127. The van der Waals surface area contributed by atoms with E-state index in [-0.39, 0.29) is 30.1 Å². The summed E-state index contributed by atoms with van der Waals surface area (Å²) in [7, 11) is 0. The minimum Gasteiger partial charge on any atom is -0.444 e. The largest absolute Gasteiger partial charge is 0.444 e. The van der Waals surface area contributed by atoms with Crippen LogP contribution < -0.4 is 5.73 Å². The monoisotopic (exact) mass is 481 g/mol. The first kappa shape index (κ1) is 23.3. The molecule has 1 atom stereocenters. The Morgan fingerprint density at radius 2 is 1.73 bits per heavy atom. The summed E-state index contributed by atoms with van der Waals surface area (Å²) in [5.74, 6) is 0.591. The van der Waals surface area contributed by atoms with Gasteiger partial charge in [-0.05, 0) is 47.1 Å². The third-order valence-corrected chi connectivity index (χ3v) is 4.86. The van der Waals surface area contributed by atoms with Crippen LogP contribution in [0.25, 0.3) is 0 Å². The molecule has 0 aliphatic carbocycles. The number of aliphatic imine (C=N–C) groups is 1. The zero-order chi connectivity index (χ0) is 18.4. The lowest BCUT2D eigenvalue weighted by molar-refractivity contribution is 0.0186. The number of amides is 1. The van der Waals surface area contributed by atoms with Gasteiger partial charge in [0.15, 0.2) is 5.96 Å². The predicted molar refractivity (Wildman–Crippen MR) is 116 cm³/mol. The second-order valence-corrected chi connectivity index (χ2v) is 8.08. The molecule has 8 heteroatoms. The predicted octanol–water partition coefficient (Wildman–Crippen LogP) is 2.35. The topological polar surface area (TPSA) is 74.4 Å². The van der Waals surface area contributed by atoms with Gasteiger partial charge in [0.25, 0.3) is 0 Å². The van der Waals surface area contributed by atoms with Crippen molar-refractivity contribution in [3.63, 3.8) is 0 Å². The van der Waals surface area contributed by atoms with E-state index in [1.807, 2.05) is 20.8 Å². The Hall–Kier alpha value is -0.770. The van der Waals surface area contributed by atoms with Gasteiger partial charge in [-0.1, -0.05) is 6.42 Å². The van der Waals surface area contributed by atoms with Crippen LogP contribution in [0.2, 0.25) is 0 Å². The van der Waals surface area contributed by atoms with Crippen LogP contribution in [-0.4, -0.2) is 84.2 Å². The summed E-state index contributed by atoms with van der Waals surface area (Å²) in [5.41, 5.74) is 5.69. The summed E-state index contributed by atoms with van der Waals surface area (Å²) in [6.45, 7) is 13.5. The molecular weight excluding hydrogens is 445 g/mol. The van der Waals surface area contributed by atoms with Crippen molar-refractivity contribution < 1.29 is 9.53 Å². The van der Waals surface area contributed by atoms with Gasteiger partial charge in [-0.15, -0.1) is 24.0 Å². The Bertz CT molecular complexity index is 473. The number of halogens is 1. The van der Waals surface area contributed by atoms with E-state index in [1.165, 1.54) is 25.8 Å². The lowest BCUT2D eigenvalue weighted by atomic mass is 10.0. The fourth-order valence-corrected chi connectivity index (χ4v) is 3.33. The second-order valence-electron chi connectivity index (χ2n) is 8.08. The maximum Gasteiger partial charge on any atom is 0.410 e. The van der Waals surface area contributed by atoms with Crippen molar-refractivity contribution in [1.82, 2.24) is 14.7 Å².